The summed E-state index contributed by atoms with van der Waals surface area (Å²) in [5.74, 6) is 1.48. The molecule has 0 radical (unpaired) electrons. The lowest BCUT2D eigenvalue weighted by Gasteiger charge is -2.13. The van der Waals surface area contributed by atoms with Crippen LogP contribution in [0.2, 0.25) is 5.02 Å². The number of nitrogens with zero attached hydrogens (tertiary/aromatic N) is 2. The maximum absolute atomic E-state index is 12.4. The third kappa shape index (κ3) is 4.23. The second-order valence-electron chi connectivity index (χ2n) is 5.71. The first-order valence-corrected chi connectivity index (χ1v) is 9.04. The first-order valence-electron chi connectivity index (χ1n) is 7.85. The Bertz CT molecular complexity index is 845. The third-order valence-electron chi connectivity index (χ3n) is 3.60. The Morgan fingerprint density at radius 2 is 1.92 bits per heavy atom. The fourth-order valence-electron chi connectivity index (χ4n) is 2.27. The predicted molar refractivity (Wildman–Crippen MR) is 103 cm³/mol. The molecule has 0 N–H and O–H groups in total. The largest absolute Gasteiger partial charge is 0.492 e. The van der Waals surface area contributed by atoms with Gasteiger partial charge in [-0.2, -0.15) is 0 Å². The van der Waals surface area contributed by atoms with E-state index < -0.39 is 0 Å². The van der Waals surface area contributed by atoms with Crippen molar-refractivity contribution < 1.29 is 18.7 Å². The van der Waals surface area contributed by atoms with Crippen LogP contribution in [-0.2, 0) is 4.79 Å². The van der Waals surface area contributed by atoms with Gasteiger partial charge in [0.15, 0.2) is 5.88 Å². The number of benzene rings is 1. The van der Waals surface area contributed by atoms with Gasteiger partial charge in [0.1, 0.15) is 18.1 Å². The minimum atomic E-state index is -0.345. The molecule has 1 saturated heterocycles. The molecule has 3 rings (SSSR count). The number of halogens is 1. The van der Waals surface area contributed by atoms with Crippen LogP contribution in [0.3, 0.4) is 0 Å². The molecule has 136 valence electrons. The summed E-state index contributed by atoms with van der Waals surface area (Å²) in [7, 11) is 3.72. The summed E-state index contributed by atoms with van der Waals surface area (Å²) in [6.07, 6.45) is 1.58. The summed E-state index contributed by atoms with van der Waals surface area (Å²) in [5, 5.41) is 0.295. The Morgan fingerprint density at radius 3 is 2.58 bits per heavy atom. The van der Waals surface area contributed by atoms with Crippen LogP contribution in [0, 0.1) is 0 Å². The van der Waals surface area contributed by atoms with Gasteiger partial charge in [0.25, 0.3) is 11.1 Å². The number of carbonyl (C=O) groups excluding carboxylic acids is 2. The summed E-state index contributed by atoms with van der Waals surface area (Å²) in [5.41, 5.74) is 0. The number of carbonyl (C=O) groups is 2. The highest BCUT2D eigenvalue weighted by Gasteiger charge is 2.35. The van der Waals surface area contributed by atoms with E-state index in [1.807, 2.05) is 19.0 Å². The van der Waals surface area contributed by atoms with E-state index in [1.165, 1.54) is 4.90 Å². The van der Waals surface area contributed by atoms with Crippen molar-refractivity contribution in [1.82, 2.24) is 4.90 Å². The van der Waals surface area contributed by atoms with Gasteiger partial charge in [-0.15, -0.1) is 0 Å². The van der Waals surface area contributed by atoms with Crippen LogP contribution in [0.5, 0.6) is 5.75 Å². The highest BCUT2D eigenvalue weighted by Crippen LogP contribution is 2.32. The van der Waals surface area contributed by atoms with E-state index in [9.17, 15) is 9.59 Å². The topological polar surface area (TPSA) is 63.0 Å². The van der Waals surface area contributed by atoms with Crippen LogP contribution in [0.4, 0.5) is 10.7 Å². The van der Waals surface area contributed by atoms with E-state index >= 15 is 0 Å². The van der Waals surface area contributed by atoms with Crippen LogP contribution < -0.4 is 9.64 Å². The van der Waals surface area contributed by atoms with Crippen molar-refractivity contribution in [3.05, 3.63) is 52.1 Å². The van der Waals surface area contributed by atoms with Crippen molar-refractivity contribution in [3.63, 3.8) is 0 Å². The van der Waals surface area contributed by atoms with Gasteiger partial charge in [-0.1, -0.05) is 11.6 Å². The molecular weight excluding hydrogens is 376 g/mol. The minimum Gasteiger partial charge on any atom is -0.492 e. The summed E-state index contributed by atoms with van der Waals surface area (Å²) in [4.78, 5) is 27.9. The van der Waals surface area contributed by atoms with Crippen molar-refractivity contribution in [2.24, 2.45) is 0 Å². The lowest BCUT2D eigenvalue weighted by Crippen LogP contribution is -2.32. The molecule has 0 bridgehead atoms. The van der Waals surface area contributed by atoms with E-state index in [-0.39, 0.29) is 24.3 Å². The average molecular weight is 393 g/mol. The van der Waals surface area contributed by atoms with Crippen molar-refractivity contribution >= 4 is 46.5 Å². The molecule has 0 saturated carbocycles. The lowest BCUT2D eigenvalue weighted by molar-refractivity contribution is -0.123. The molecule has 1 aliphatic heterocycles. The number of thioether (sulfide) groups is 1. The zero-order valence-corrected chi connectivity index (χ0v) is 15.8. The van der Waals surface area contributed by atoms with Gasteiger partial charge in [-0.25, -0.2) is 0 Å². The molecule has 0 unspecified atom stereocenters. The summed E-state index contributed by atoms with van der Waals surface area (Å²) >= 11 is 6.71. The van der Waals surface area contributed by atoms with E-state index in [1.54, 1.807) is 42.5 Å². The first-order chi connectivity index (χ1) is 12.4. The first kappa shape index (κ1) is 18.4. The normalized spacial score (nSPS) is 15.8. The van der Waals surface area contributed by atoms with E-state index in [0.29, 0.717) is 27.3 Å². The van der Waals surface area contributed by atoms with Gasteiger partial charge < -0.3 is 14.1 Å². The molecule has 1 aliphatic rings. The number of anilines is 1. The van der Waals surface area contributed by atoms with E-state index in [2.05, 4.69) is 0 Å². The standard InChI is InChI=1S/C18H17ClN2O4S/c1-20(2)16-8-7-14(25-16)11-15-17(22)21(18(23)26-15)9-10-24-13-5-3-12(19)4-6-13/h3-8,11H,9-10H2,1-2H3/b15-11-. The molecule has 0 atom stereocenters. The van der Waals surface area contributed by atoms with Crippen LogP contribution >= 0.6 is 23.4 Å². The minimum absolute atomic E-state index is 0.172. The summed E-state index contributed by atoms with van der Waals surface area (Å²) in [6.45, 7) is 0.379. The summed E-state index contributed by atoms with van der Waals surface area (Å²) in [6, 6.07) is 10.4. The molecule has 2 amide bonds. The fourth-order valence-corrected chi connectivity index (χ4v) is 3.24. The molecule has 26 heavy (non-hydrogen) atoms. The SMILES string of the molecule is CN(C)c1ccc(/C=C2\SC(=O)N(CCOc3ccc(Cl)cc3)C2=O)o1. The average Bonchev–Trinajstić information content (AvgIpc) is 3.17. The van der Waals surface area contributed by atoms with Crippen LogP contribution in [0.15, 0.2) is 45.7 Å². The lowest BCUT2D eigenvalue weighted by atomic mass is 10.3. The fraction of sp³-hybridized carbons (Fsp3) is 0.222. The smallest absolute Gasteiger partial charge is 0.293 e. The number of furan rings is 1. The van der Waals surface area contributed by atoms with Gasteiger partial charge in [-0.05, 0) is 42.1 Å². The molecule has 8 heteroatoms. The van der Waals surface area contributed by atoms with E-state index in [4.69, 9.17) is 20.8 Å². The van der Waals surface area contributed by atoms with Crippen LogP contribution in [0.25, 0.3) is 6.08 Å². The number of hydrogen-bond acceptors (Lipinski definition) is 6. The van der Waals surface area contributed by atoms with Gasteiger partial charge in [-0.3, -0.25) is 14.5 Å². The maximum atomic E-state index is 12.4. The molecule has 1 fully saturated rings. The molecule has 0 spiro atoms. The summed E-state index contributed by atoms with van der Waals surface area (Å²) < 4.78 is 11.1. The Labute approximate surface area is 160 Å². The number of amides is 2. The second kappa shape index (κ2) is 7.88. The van der Waals surface area contributed by atoms with Crippen molar-refractivity contribution in [1.29, 1.82) is 0 Å². The highest BCUT2D eigenvalue weighted by molar-refractivity contribution is 8.18. The molecule has 0 aliphatic carbocycles. The monoisotopic (exact) mass is 392 g/mol. The number of imide groups is 1. The van der Waals surface area contributed by atoms with Gasteiger partial charge in [0, 0.05) is 31.3 Å². The Balaban J connectivity index is 1.61. The Hall–Kier alpha value is -2.38. The van der Waals surface area contributed by atoms with Gasteiger partial charge >= 0.3 is 0 Å². The number of hydrogen-bond donors (Lipinski definition) is 0. The molecule has 6 nitrogen and oxygen atoms in total. The van der Waals surface area contributed by atoms with E-state index in [0.717, 1.165) is 11.8 Å². The van der Waals surface area contributed by atoms with Crippen molar-refractivity contribution in [2.75, 3.05) is 32.1 Å². The second-order valence-corrected chi connectivity index (χ2v) is 7.14. The molecular formula is C18H17ClN2O4S. The molecule has 1 aromatic heterocycles. The van der Waals surface area contributed by atoms with Gasteiger partial charge in [0.2, 0.25) is 0 Å². The van der Waals surface area contributed by atoms with Gasteiger partial charge in [0.05, 0.1) is 11.4 Å². The third-order valence-corrected chi connectivity index (χ3v) is 4.76. The Morgan fingerprint density at radius 1 is 1.19 bits per heavy atom. The number of rotatable bonds is 6. The van der Waals surface area contributed by atoms with Crippen molar-refractivity contribution in [2.45, 2.75) is 0 Å². The van der Waals surface area contributed by atoms with Crippen LogP contribution in [-0.4, -0.2) is 43.3 Å². The molecule has 2 aromatic rings. The maximum Gasteiger partial charge on any atom is 0.293 e. The van der Waals surface area contributed by atoms with Crippen molar-refractivity contribution in [3.8, 4) is 5.75 Å². The zero-order chi connectivity index (χ0) is 18.7. The Kier molecular flexibility index (Phi) is 5.58. The quantitative estimate of drug-likeness (QED) is 0.689. The predicted octanol–water partition coefficient (Wildman–Crippen LogP) is 4.11. The molecule has 2 heterocycles. The molecule has 1 aromatic carbocycles. The number of ether oxygens (including phenoxy) is 1. The highest BCUT2D eigenvalue weighted by atomic mass is 35.5. The zero-order valence-electron chi connectivity index (χ0n) is 14.3. The van der Waals surface area contributed by atoms with Crippen LogP contribution in [0.1, 0.15) is 5.76 Å².